The molecule has 0 aliphatic rings. The standard InChI is InChI=1S/C11H9F3N2O/c1-16-5-6(4-15-16)11(17)7-2-3-8(12)10(14)9(7)13/h2-5,11,17H,1H3. The first-order valence-electron chi connectivity index (χ1n) is 4.80. The van der Waals surface area contributed by atoms with Gasteiger partial charge in [0.15, 0.2) is 17.5 Å². The highest BCUT2D eigenvalue weighted by atomic mass is 19.2. The molecule has 2 aromatic rings. The summed E-state index contributed by atoms with van der Waals surface area (Å²) < 4.78 is 40.5. The number of aryl methyl sites for hydroxylation is 1. The average Bonchev–Trinajstić information content (AvgIpc) is 2.72. The second kappa shape index (κ2) is 4.21. The third-order valence-corrected chi connectivity index (χ3v) is 2.40. The van der Waals surface area contributed by atoms with E-state index >= 15 is 0 Å². The van der Waals surface area contributed by atoms with Gasteiger partial charge in [-0.15, -0.1) is 0 Å². The van der Waals surface area contributed by atoms with E-state index in [9.17, 15) is 18.3 Å². The summed E-state index contributed by atoms with van der Waals surface area (Å²) in [5, 5.41) is 13.6. The van der Waals surface area contributed by atoms with Crippen molar-refractivity contribution in [3.8, 4) is 0 Å². The molecule has 0 fully saturated rings. The summed E-state index contributed by atoms with van der Waals surface area (Å²) in [6.45, 7) is 0. The molecule has 2 rings (SSSR count). The number of rotatable bonds is 2. The third kappa shape index (κ3) is 2.03. The van der Waals surface area contributed by atoms with Gasteiger partial charge in [0.2, 0.25) is 0 Å². The Hall–Kier alpha value is -1.82. The maximum Gasteiger partial charge on any atom is 0.194 e. The summed E-state index contributed by atoms with van der Waals surface area (Å²) in [4.78, 5) is 0. The molecule has 0 saturated heterocycles. The monoisotopic (exact) mass is 242 g/mol. The molecule has 6 heteroatoms. The van der Waals surface area contributed by atoms with Crippen molar-refractivity contribution in [2.24, 2.45) is 7.05 Å². The smallest absolute Gasteiger partial charge is 0.194 e. The van der Waals surface area contributed by atoms with Crippen LogP contribution in [0, 0.1) is 17.5 Å². The summed E-state index contributed by atoms with van der Waals surface area (Å²) in [6, 6.07) is 1.78. The maximum absolute atomic E-state index is 13.4. The predicted molar refractivity (Wildman–Crippen MR) is 53.6 cm³/mol. The van der Waals surface area contributed by atoms with Gasteiger partial charge in [-0.2, -0.15) is 5.10 Å². The Balaban J connectivity index is 2.44. The van der Waals surface area contributed by atoms with Crippen LogP contribution in [0.1, 0.15) is 17.2 Å². The van der Waals surface area contributed by atoms with Crippen LogP contribution in [0.3, 0.4) is 0 Å². The molecule has 0 radical (unpaired) electrons. The minimum atomic E-state index is -1.59. The third-order valence-electron chi connectivity index (χ3n) is 2.40. The van der Waals surface area contributed by atoms with Gasteiger partial charge in [0.05, 0.1) is 6.20 Å². The van der Waals surface area contributed by atoms with Crippen LogP contribution in [0.4, 0.5) is 13.2 Å². The Labute approximate surface area is 95.1 Å². The first kappa shape index (κ1) is 11.7. The van der Waals surface area contributed by atoms with E-state index in [-0.39, 0.29) is 5.56 Å². The van der Waals surface area contributed by atoms with Gasteiger partial charge in [0.1, 0.15) is 6.10 Å². The topological polar surface area (TPSA) is 38.0 Å². The van der Waals surface area contributed by atoms with E-state index in [4.69, 9.17) is 0 Å². The summed E-state index contributed by atoms with van der Waals surface area (Å²) in [5.41, 5.74) is -0.0192. The molecule has 1 heterocycles. The van der Waals surface area contributed by atoms with Crippen LogP contribution in [0.15, 0.2) is 24.5 Å². The molecule has 90 valence electrons. The molecule has 0 spiro atoms. The molecule has 0 aliphatic carbocycles. The molecule has 0 bridgehead atoms. The van der Waals surface area contributed by atoms with Crippen LogP contribution in [0.25, 0.3) is 0 Å². The fourth-order valence-electron chi connectivity index (χ4n) is 1.51. The van der Waals surface area contributed by atoms with Crippen LogP contribution in [-0.2, 0) is 7.05 Å². The highest BCUT2D eigenvalue weighted by Gasteiger charge is 2.21. The van der Waals surface area contributed by atoms with Crippen LogP contribution in [0.5, 0.6) is 0 Å². The Bertz CT molecular complexity index is 554. The number of aromatic nitrogens is 2. The lowest BCUT2D eigenvalue weighted by atomic mass is 10.0. The summed E-state index contributed by atoms with van der Waals surface area (Å²) in [7, 11) is 1.62. The molecule has 0 amide bonds. The van der Waals surface area contributed by atoms with Gasteiger partial charge in [-0.05, 0) is 6.07 Å². The summed E-state index contributed by atoms with van der Waals surface area (Å²) in [5.74, 6) is -4.27. The van der Waals surface area contributed by atoms with Gasteiger partial charge in [-0.1, -0.05) is 6.07 Å². The molecule has 0 saturated carbocycles. The van der Waals surface area contributed by atoms with E-state index in [1.807, 2.05) is 0 Å². The van der Waals surface area contributed by atoms with Crippen molar-refractivity contribution in [1.29, 1.82) is 0 Å². The van der Waals surface area contributed by atoms with Gasteiger partial charge in [-0.3, -0.25) is 4.68 Å². The molecule has 17 heavy (non-hydrogen) atoms. The van der Waals surface area contributed by atoms with E-state index in [0.717, 1.165) is 12.1 Å². The van der Waals surface area contributed by atoms with Crippen molar-refractivity contribution in [2.45, 2.75) is 6.10 Å². The molecule has 0 aliphatic heterocycles. The normalized spacial score (nSPS) is 12.8. The van der Waals surface area contributed by atoms with Crippen LogP contribution in [-0.4, -0.2) is 14.9 Å². The van der Waals surface area contributed by atoms with Crippen molar-refractivity contribution >= 4 is 0 Å². The lowest BCUT2D eigenvalue weighted by Crippen LogP contribution is -2.05. The van der Waals surface area contributed by atoms with E-state index < -0.39 is 23.6 Å². The quantitative estimate of drug-likeness (QED) is 0.817. The number of aliphatic hydroxyl groups excluding tert-OH is 1. The molecule has 1 aromatic heterocycles. The average molecular weight is 242 g/mol. The van der Waals surface area contributed by atoms with E-state index in [1.165, 1.54) is 17.1 Å². The van der Waals surface area contributed by atoms with Crippen molar-refractivity contribution in [2.75, 3.05) is 0 Å². The van der Waals surface area contributed by atoms with Gasteiger partial charge in [-0.25, -0.2) is 13.2 Å². The Morgan fingerprint density at radius 1 is 1.24 bits per heavy atom. The highest BCUT2D eigenvalue weighted by Crippen LogP contribution is 2.26. The van der Waals surface area contributed by atoms with Crippen LogP contribution in [0.2, 0.25) is 0 Å². The van der Waals surface area contributed by atoms with Gasteiger partial charge >= 0.3 is 0 Å². The number of nitrogens with zero attached hydrogens (tertiary/aromatic N) is 2. The number of aliphatic hydroxyl groups is 1. The molecule has 3 nitrogen and oxygen atoms in total. The lowest BCUT2D eigenvalue weighted by molar-refractivity contribution is 0.212. The lowest BCUT2D eigenvalue weighted by Gasteiger charge is -2.10. The van der Waals surface area contributed by atoms with Crippen LogP contribution >= 0.6 is 0 Å². The highest BCUT2D eigenvalue weighted by molar-refractivity contribution is 5.29. The SMILES string of the molecule is Cn1cc(C(O)c2ccc(F)c(F)c2F)cn1. The summed E-state index contributed by atoms with van der Waals surface area (Å²) >= 11 is 0. The van der Waals surface area contributed by atoms with Crippen molar-refractivity contribution in [3.05, 3.63) is 53.1 Å². The van der Waals surface area contributed by atoms with Gasteiger partial charge < -0.3 is 5.11 Å². The molecule has 1 aromatic carbocycles. The fourth-order valence-corrected chi connectivity index (χ4v) is 1.51. The summed E-state index contributed by atoms with van der Waals surface area (Å²) in [6.07, 6.45) is 1.41. The van der Waals surface area contributed by atoms with E-state index in [1.54, 1.807) is 7.05 Å². The first-order chi connectivity index (χ1) is 8.00. The van der Waals surface area contributed by atoms with Gasteiger partial charge in [0.25, 0.3) is 0 Å². The predicted octanol–water partition coefficient (Wildman–Crippen LogP) is 1.92. The fraction of sp³-hybridized carbons (Fsp3) is 0.182. The van der Waals surface area contributed by atoms with Crippen molar-refractivity contribution < 1.29 is 18.3 Å². The molecule has 1 unspecified atom stereocenters. The van der Waals surface area contributed by atoms with Crippen molar-refractivity contribution in [1.82, 2.24) is 9.78 Å². The maximum atomic E-state index is 13.4. The Kier molecular flexibility index (Phi) is 2.89. The Morgan fingerprint density at radius 2 is 1.94 bits per heavy atom. The van der Waals surface area contributed by atoms with Crippen molar-refractivity contribution in [3.63, 3.8) is 0 Å². The second-order valence-electron chi connectivity index (χ2n) is 3.61. The molecular formula is C11H9F3N2O. The zero-order chi connectivity index (χ0) is 12.6. The molecule has 1 atom stereocenters. The largest absolute Gasteiger partial charge is 0.383 e. The minimum absolute atomic E-state index is 0.303. The van der Waals surface area contributed by atoms with Gasteiger partial charge in [0, 0.05) is 24.4 Å². The molecule has 1 N–H and O–H groups in total. The Morgan fingerprint density at radius 3 is 2.53 bits per heavy atom. The second-order valence-corrected chi connectivity index (χ2v) is 3.61. The zero-order valence-electron chi connectivity index (χ0n) is 8.86. The number of halogens is 3. The molecular weight excluding hydrogens is 233 g/mol. The van der Waals surface area contributed by atoms with E-state index in [0.29, 0.717) is 5.56 Å². The first-order valence-corrected chi connectivity index (χ1v) is 4.80. The number of hydrogen-bond donors (Lipinski definition) is 1. The number of hydrogen-bond acceptors (Lipinski definition) is 2. The zero-order valence-corrected chi connectivity index (χ0v) is 8.86. The van der Waals surface area contributed by atoms with Crippen LogP contribution < -0.4 is 0 Å². The number of benzene rings is 1. The minimum Gasteiger partial charge on any atom is -0.383 e. The van der Waals surface area contributed by atoms with E-state index in [2.05, 4.69) is 5.10 Å².